The Bertz CT molecular complexity index is 591. The van der Waals surface area contributed by atoms with Gasteiger partial charge in [-0.25, -0.2) is 27.1 Å². The average Bonchev–Trinajstić information content (AvgIpc) is 2.00. The van der Waals surface area contributed by atoms with Gasteiger partial charge in [-0.15, -0.1) is 0 Å². The predicted molar refractivity (Wildman–Crippen MR) is 51.9 cm³/mol. The van der Waals surface area contributed by atoms with Crippen LogP contribution in [0, 0.1) is 0 Å². The van der Waals surface area contributed by atoms with Gasteiger partial charge in [-0.3, -0.25) is 5.73 Å². The van der Waals surface area contributed by atoms with E-state index >= 15 is 0 Å². The molecule has 1 aromatic rings. The van der Waals surface area contributed by atoms with E-state index in [0.717, 1.165) is 18.2 Å². The van der Waals surface area contributed by atoms with Crippen molar-refractivity contribution in [2.45, 2.75) is 9.79 Å². The fourth-order valence-corrected chi connectivity index (χ4v) is 2.20. The number of benzene rings is 1. The fourth-order valence-electron chi connectivity index (χ4n) is 0.915. The maximum Gasteiger partial charge on any atom is 0.240 e. The van der Waals surface area contributed by atoms with E-state index in [9.17, 15) is 16.8 Å². The van der Waals surface area contributed by atoms with Gasteiger partial charge in [0.2, 0.25) is 20.0 Å². The minimum Gasteiger partial charge on any atom is -0.299 e. The summed E-state index contributed by atoms with van der Waals surface area (Å²) >= 11 is 0. The molecule has 83 valence electrons. The van der Waals surface area contributed by atoms with Crippen LogP contribution in [0.3, 0.4) is 0 Å². The summed E-state index contributed by atoms with van der Waals surface area (Å²) in [5.41, 5.74) is 6.85. The second-order valence-corrected chi connectivity index (χ2v) is 5.84. The van der Waals surface area contributed by atoms with Gasteiger partial charge in [-0.05, 0) is 18.2 Å². The minimum absolute atomic E-state index is 0.384. The Morgan fingerprint density at radius 1 is 1.00 bits per heavy atom. The van der Waals surface area contributed by atoms with Crippen molar-refractivity contribution in [1.82, 2.24) is 5.73 Å². The first-order chi connectivity index (χ1) is 6.62. The van der Waals surface area contributed by atoms with Crippen molar-refractivity contribution in [2.24, 2.45) is 10.3 Å². The molecule has 1 aromatic carbocycles. The first kappa shape index (κ1) is 11.9. The smallest absolute Gasteiger partial charge is 0.240 e. The van der Waals surface area contributed by atoms with Gasteiger partial charge in [0.15, 0.2) is 0 Å². The zero-order valence-electron chi connectivity index (χ0n) is 7.34. The molecule has 0 fully saturated rings. The van der Waals surface area contributed by atoms with Crippen LogP contribution in [-0.4, -0.2) is 16.8 Å². The predicted octanol–water partition coefficient (Wildman–Crippen LogP) is -1.10. The average molecular weight is 250 g/mol. The van der Waals surface area contributed by atoms with E-state index in [4.69, 9.17) is 16.0 Å². The molecule has 0 aliphatic carbocycles. The molecule has 0 spiro atoms. The first-order valence-corrected chi connectivity index (χ1v) is 6.63. The van der Waals surface area contributed by atoms with E-state index in [-0.39, 0.29) is 5.69 Å². The lowest BCUT2D eigenvalue weighted by molar-refractivity contribution is 0.596. The van der Waals surface area contributed by atoms with Crippen LogP contribution in [0.25, 0.3) is 0 Å². The van der Waals surface area contributed by atoms with E-state index in [1.54, 1.807) is 0 Å². The summed E-state index contributed by atoms with van der Waals surface area (Å²) in [5.74, 6) is 0. The number of rotatable bonds is 2. The topological polar surface area (TPSA) is 144 Å². The van der Waals surface area contributed by atoms with Crippen molar-refractivity contribution in [2.75, 3.05) is 0 Å². The van der Waals surface area contributed by atoms with Crippen LogP contribution in [0.5, 0.6) is 0 Å². The number of hydrogen-bond acceptors (Lipinski definition) is 4. The van der Waals surface area contributed by atoms with Gasteiger partial charge >= 0.3 is 0 Å². The largest absolute Gasteiger partial charge is 0.299 e. The highest BCUT2D eigenvalue weighted by molar-refractivity contribution is 7.90. The van der Waals surface area contributed by atoms with E-state index in [2.05, 4.69) is 0 Å². The molecule has 0 aromatic heterocycles. The summed E-state index contributed by atoms with van der Waals surface area (Å²) < 4.78 is 43.7. The van der Waals surface area contributed by atoms with Crippen molar-refractivity contribution in [1.29, 1.82) is 0 Å². The normalized spacial score (nSPS) is 12.7. The second kappa shape index (κ2) is 3.45. The van der Waals surface area contributed by atoms with Crippen molar-refractivity contribution < 1.29 is 16.8 Å². The van der Waals surface area contributed by atoms with Crippen LogP contribution < -0.4 is 16.0 Å². The van der Waals surface area contributed by atoms with Crippen molar-refractivity contribution >= 4 is 25.7 Å². The molecular formula is C6H8N3O4S2. The summed E-state index contributed by atoms with van der Waals surface area (Å²) in [6.07, 6.45) is 0. The van der Waals surface area contributed by atoms with Crippen LogP contribution in [0.4, 0.5) is 5.69 Å². The zero-order valence-corrected chi connectivity index (χ0v) is 8.97. The highest BCUT2D eigenvalue weighted by Crippen LogP contribution is 2.21. The molecule has 7 nitrogen and oxygen atoms in total. The Morgan fingerprint density at radius 3 is 1.93 bits per heavy atom. The molecule has 0 bridgehead atoms. The molecule has 0 aliphatic rings. The Morgan fingerprint density at radius 2 is 1.53 bits per heavy atom. The van der Waals surface area contributed by atoms with Gasteiger partial charge in [-0.2, -0.15) is 0 Å². The van der Waals surface area contributed by atoms with E-state index in [1.165, 1.54) is 0 Å². The quantitative estimate of drug-likeness (QED) is 0.685. The summed E-state index contributed by atoms with van der Waals surface area (Å²) in [6, 6.07) is 2.79. The van der Waals surface area contributed by atoms with Crippen LogP contribution in [-0.2, 0) is 20.0 Å². The van der Waals surface area contributed by atoms with Gasteiger partial charge < -0.3 is 0 Å². The van der Waals surface area contributed by atoms with E-state index < -0.39 is 29.8 Å². The molecule has 1 rings (SSSR count). The van der Waals surface area contributed by atoms with Gasteiger partial charge in [0.25, 0.3) is 0 Å². The summed E-state index contributed by atoms with van der Waals surface area (Å²) in [5, 5.41) is 9.58. The van der Waals surface area contributed by atoms with E-state index in [1.807, 2.05) is 0 Å². The van der Waals surface area contributed by atoms with Crippen LogP contribution >= 0.6 is 0 Å². The fraction of sp³-hybridized carbons (Fsp3) is 0. The molecule has 0 heterocycles. The Kier molecular flexibility index (Phi) is 2.74. The first-order valence-electron chi connectivity index (χ1n) is 3.53. The third-order valence-corrected chi connectivity index (χ3v) is 3.45. The third-order valence-electron chi connectivity index (χ3n) is 1.59. The highest BCUT2D eigenvalue weighted by atomic mass is 32.2. The Balaban J connectivity index is 3.57. The monoisotopic (exact) mass is 250 g/mol. The van der Waals surface area contributed by atoms with Crippen molar-refractivity contribution in [3.8, 4) is 0 Å². The molecule has 1 radical (unpaired) electrons. The van der Waals surface area contributed by atoms with Crippen LogP contribution in [0.1, 0.15) is 0 Å². The standard InChI is InChI=1S/C6H8N3O4S2/c7-5-2-1-4(14(8,10)11)3-6(5)15(9,12)13/h1-3,7H,(H2,8,10,11)(H2,9,12,13). The highest BCUT2D eigenvalue weighted by Gasteiger charge is 2.17. The summed E-state index contributed by atoms with van der Waals surface area (Å²) in [7, 11) is -8.13. The lowest BCUT2D eigenvalue weighted by atomic mass is 10.3. The number of sulfonamides is 2. The molecule has 15 heavy (non-hydrogen) atoms. The number of nitrogens with two attached hydrogens (primary N) is 2. The molecule has 0 amide bonds. The van der Waals surface area contributed by atoms with Gasteiger partial charge in [0.1, 0.15) is 4.90 Å². The summed E-state index contributed by atoms with van der Waals surface area (Å²) in [4.78, 5) is -0.975. The maximum atomic E-state index is 11.0. The molecule has 0 saturated heterocycles. The summed E-state index contributed by atoms with van der Waals surface area (Å²) in [6.45, 7) is 0. The minimum atomic E-state index is -4.12. The SMILES string of the molecule is [NH]c1ccc(S(N)(=O)=O)cc1S(N)(=O)=O. The van der Waals surface area contributed by atoms with Crippen molar-refractivity contribution in [3.63, 3.8) is 0 Å². The molecule has 0 unspecified atom stereocenters. The number of primary sulfonamides is 2. The van der Waals surface area contributed by atoms with Crippen molar-refractivity contribution in [3.05, 3.63) is 18.2 Å². The second-order valence-electron chi connectivity index (χ2n) is 2.75. The Labute approximate surface area is 87.0 Å². The third kappa shape index (κ3) is 2.65. The number of hydrogen-bond donors (Lipinski definition) is 2. The molecule has 0 saturated carbocycles. The van der Waals surface area contributed by atoms with E-state index in [0.29, 0.717) is 0 Å². The Hall–Kier alpha value is -1.16. The molecule has 0 atom stereocenters. The molecule has 0 aliphatic heterocycles. The van der Waals surface area contributed by atoms with Crippen LogP contribution in [0.15, 0.2) is 28.0 Å². The molecular weight excluding hydrogens is 242 g/mol. The molecule has 5 N–H and O–H groups in total. The lowest BCUT2D eigenvalue weighted by Crippen LogP contribution is -2.16. The molecule has 9 heteroatoms. The lowest BCUT2D eigenvalue weighted by Gasteiger charge is -2.04. The van der Waals surface area contributed by atoms with Gasteiger partial charge in [0.05, 0.1) is 10.6 Å². The van der Waals surface area contributed by atoms with Gasteiger partial charge in [0, 0.05) is 0 Å². The van der Waals surface area contributed by atoms with Gasteiger partial charge in [-0.1, -0.05) is 0 Å². The zero-order chi connectivity index (χ0) is 11.9. The van der Waals surface area contributed by atoms with Crippen LogP contribution in [0.2, 0.25) is 0 Å². The maximum absolute atomic E-state index is 11.0. The number of nitrogens with one attached hydrogen (secondary N) is 1.